The van der Waals surface area contributed by atoms with Gasteiger partial charge in [0, 0.05) is 0 Å². The number of benzene rings is 1. The van der Waals surface area contributed by atoms with Crippen molar-refractivity contribution in [3.05, 3.63) is 54.1 Å². The highest BCUT2D eigenvalue weighted by Crippen LogP contribution is 2.18. The highest BCUT2D eigenvalue weighted by Gasteiger charge is 2.11. The van der Waals surface area contributed by atoms with E-state index in [1.54, 1.807) is 4.57 Å². The third-order valence-corrected chi connectivity index (χ3v) is 2.57. The van der Waals surface area contributed by atoms with E-state index in [-0.39, 0.29) is 24.1 Å². The predicted octanol–water partition coefficient (Wildman–Crippen LogP) is 1.28. The van der Waals surface area contributed by atoms with Gasteiger partial charge in [0.1, 0.15) is 0 Å². The molecule has 0 N–H and O–H groups in total. The van der Waals surface area contributed by atoms with Gasteiger partial charge in [0.15, 0.2) is 0 Å². The van der Waals surface area contributed by atoms with Crippen molar-refractivity contribution >= 4 is 18.4 Å². The van der Waals surface area contributed by atoms with Crippen molar-refractivity contribution in [3.8, 4) is 0 Å². The van der Waals surface area contributed by atoms with Crippen LogP contribution < -0.4 is 5.11 Å². The fraction of sp³-hybridized carbons (Fsp3) is 0.167. The van der Waals surface area contributed by atoms with Crippen molar-refractivity contribution in [3.63, 3.8) is 0 Å². The topological polar surface area (TPSA) is 58.0 Å². The minimum Gasteiger partial charge on any atom is -0.543 e. The molecule has 0 spiro atoms. The van der Waals surface area contributed by atoms with Crippen molar-refractivity contribution in [1.82, 2.24) is 9.55 Å². The monoisotopic (exact) mass is 251 g/mol. The van der Waals surface area contributed by atoms with Crippen LogP contribution in [0.15, 0.2) is 42.9 Å². The van der Waals surface area contributed by atoms with Gasteiger partial charge in [-0.3, -0.25) is 0 Å². The fourth-order valence-corrected chi connectivity index (χ4v) is 1.66. The second-order valence-corrected chi connectivity index (χ2v) is 3.56. The number of carbonyl (C=O) groups is 1. The van der Waals surface area contributed by atoms with E-state index in [9.17, 15) is 9.90 Å². The van der Waals surface area contributed by atoms with Gasteiger partial charge in [0.05, 0.1) is 30.2 Å². The molecule has 2 rings (SSSR count). The number of rotatable bonds is 3. The van der Waals surface area contributed by atoms with Gasteiger partial charge in [-0.05, 0) is 12.5 Å². The fourth-order valence-electron chi connectivity index (χ4n) is 1.66. The van der Waals surface area contributed by atoms with Crippen LogP contribution in [-0.4, -0.2) is 15.5 Å². The van der Waals surface area contributed by atoms with E-state index in [0.29, 0.717) is 0 Å². The maximum Gasteiger partial charge on any atom is 0.0956 e. The number of aromatic carboxylic acids is 1. The van der Waals surface area contributed by atoms with E-state index in [4.69, 9.17) is 0 Å². The van der Waals surface area contributed by atoms with Gasteiger partial charge in [0.25, 0.3) is 0 Å². The number of imidazole rings is 1. The summed E-state index contributed by atoms with van der Waals surface area (Å²) >= 11 is 0. The van der Waals surface area contributed by atoms with Crippen molar-refractivity contribution in [2.24, 2.45) is 0 Å². The molecule has 0 radical (unpaired) electrons. The van der Waals surface area contributed by atoms with Crippen molar-refractivity contribution in [2.45, 2.75) is 13.0 Å². The number of nitrogens with zero attached hydrogens (tertiary/aromatic N) is 2. The Hall–Kier alpha value is -1.81. The van der Waals surface area contributed by atoms with Crippen LogP contribution in [-0.2, 0) is 0 Å². The first-order chi connectivity index (χ1) is 7.70. The maximum atomic E-state index is 10.8. The SMILES string of the molecule is CC(c1ccccc1)n1cncc1C(=O)[O-].Cl. The highest BCUT2D eigenvalue weighted by atomic mass is 35.5. The molecule has 1 aromatic heterocycles. The summed E-state index contributed by atoms with van der Waals surface area (Å²) in [4.78, 5) is 14.7. The van der Waals surface area contributed by atoms with Gasteiger partial charge in [-0.15, -0.1) is 12.4 Å². The molecule has 0 aliphatic carbocycles. The molecule has 4 nitrogen and oxygen atoms in total. The lowest BCUT2D eigenvalue weighted by atomic mass is 10.1. The second kappa shape index (κ2) is 5.50. The summed E-state index contributed by atoms with van der Waals surface area (Å²) in [5.74, 6) is -1.21. The van der Waals surface area contributed by atoms with Crippen LogP contribution in [0.25, 0.3) is 0 Å². The first-order valence-electron chi connectivity index (χ1n) is 4.98. The lowest BCUT2D eigenvalue weighted by Gasteiger charge is -2.17. The Balaban J connectivity index is 0.00000144. The third kappa shape index (κ3) is 2.65. The maximum absolute atomic E-state index is 10.8. The van der Waals surface area contributed by atoms with Crippen LogP contribution in [0.2, 0.25) is 0 Å². The zero-order chi connectivity index (χ0) is 11.5. The first-order valence-corrected chi connectivity index (χ1v) is 4.98. The van der Waals surface area contributed by atoms with Gasteiger partial charge < -0.3 is 14.5 Å². The molecule has 2 aromatic rings. The number of carboxylic acids is 1. The van der Waals surface area contributed by atoms with Crippen LogP contribution in [0.1, 0.15) is 29.0 Å². The van der Waals surface area contributed by atoms with E-state index in [2.05, 4.69) is 4.98 Å². The number of halogens is 1. The van der Waals surface area contributed by atoms with Gasteiger partial charge in [0.2, 0.25) is 0 Å². The summed E-state index contributed by atoms with van der Waals surface area (Å²) < 4.78 is 1.59. The Morgan fingerprint density at radius 1 is 1.35 bits per heavy atom. The third-order valence-electron chi connectivity index (χ3n) is 2.57. The minimum atomic E-state index is -1.21. The number of carbonyl (C=O) groups excluding carboxylic acids is 1. The minimum absolute atomic E-state index is 0. The van der Waals surface area contributed by atoms with Gasteiger partial charge in [-0.2, -0.15) is 0 Å². The summed E-state index contributed by atoms with van der Waals surface area (Å²) in [6.07, 6.45) is 2.80. The van der Waals surface area contributed by atoms with E-state index in [1.807, 2.05) is 37.3 Å². The van der Waals surface area contributed by atoms with E-state index in [0.717, 1.165) is 5.56 Å². The number of carboxylic acid groups (broad SMARTS) is 1. The molecule has 1 unspecified atom stereocenters. The summed E-state index contributed by atoms with van der Waals surface area (Å²) in [5.41, 5.74) is 1.12. The molecule has 0 fully saturated rings. The normalized spacial score (nSPS) is 11.6. The molecule has 0 saturated carbocycles. The zero-order valence-electron chi connectivity index (χ0n) is 9.24. The molecule has 1 heterocycles. The first kappa shape index (κ1) is 13.3. The molecule has 17 heavy (non-hydrogen) atoms. The summed E-state index contributed by atoms with van der Waals surface area (Å²) in [7, 11) is 0. The number of hydrogen-bond acceptors (Lipinski definition) is 3. The lowest BCUT2D eigenvalue weighted by Crippen LogP contribution is -2.26. The van der Waals surface area contributed by atoms with Crippen LogP contribution in [0, 0.1) is 0 Å². The van der Waals surface area contributed by atoms with Crippen molar-refractivity contribution in [1.29, 1.82) is 0 Å². The van der Waals surface area contributed by atoms with Gasteiger partial charge >= 0.3 is 0 Å². The average Bonchev–Trinajstić information content (AvgIpc) is 2.78. The Kier molecular flexibility index (Phi) is 4.29. The van der Waals surface area contributed by atoms with Crippen LogP contribution >= 0.6 is 12.4 Å². The molecule has 1 aromatic carbocycles. The van der Waals surface area contributed by atoms with Crippen LogP contribution in [0.3, 0.4) is 0 Å². The van der Waals surface area contributed by atoms with Crippen LogP contribution in [0.4, 0.5) is 0 Å². The molecule has 1 atom stereocenters. The summed E-state index contributed by atoms with van der Waals surface area (Å²) in [6.45, 7) is 1.92. The van der Waals surface area contributed by atoms with Crippen molar-refractivity contribution in [2.75, 3.05) is 0 Å². The molecule has 0 bridgehead atoms. The smallest absolute Gasteiger partial charge is 0.0956 e. The molecule has 0 saturated heterocycles. The quantitative estimate of drug-likeness (QED) is 0.826. The Bertz CT molecular complexity index is 496. The van der Waals surface area contributed by atoms with Gasteiger partial charge in [-0.25, -0.2) is 4.98 Å². The predicted molar refractivity (Wildman–Crippen MR) is 64.1 cm³/mol. The average molecular weight is 252 g/mol. The zero-order valence-corrected chi connectivity index (χ0v) is 10.1. The summed E-state index contributed by atoms with van der Waals surface area (Å²) in [5, 5.41) is 10.8. The number of aromatic nitrogens is 2. The molecule has 0 amide bonds. The van der Waals surface area contributed by atoms with Crippen LogP contribution in [0.5, 0.6) is 0 Å². The largest absolute Gasteiger partial charge is 0.543 e. The van der Waals surface area contributed by atoms with E-state index >= 15 is 0 Å². The van der Waals surface area contributed by atoms with E-state index < -0.39 is 5.97 Å². The lowest BCUT2D eigenvalue weighted by molar-refractivity contribution is -0.255. The molecule has 5 heteroatoms. The molecular weight excluding hydrogens is 240 g/mol. The van der Waals surface area contributed by atoms with E-state index in [1.165, 1.54) is 12.5 Å². The Labute approximate surface area is 105 Å². The van der Waals surface area contributed by atoms with Gasteiger partial charge in [-0.1, -0.05) is 30.3 Å². The highest BCUT2D eigenvalue weighted by molar-refractivity contribution is 5.85. The molecule has 0 aliphatic heterocycles. The molecule has 90 valence electrons. The summed E-state index contributed by atoms with van der Waals surface area (Å²) in [6, 6.07) is 9.58. The number of hydrogen-bond donors (Lipinski definition) is 0. The molecular formula is C12H12ClN2O2-. The van der Waals surface area contributed by atoms with Crippen molar-refractivity contribution < 1.29 is 9.90 Å². The molecule has 0 aliphatic rings. The Morgan fingerprint density at radius 3 is 2.59 bits per heavy atom. The Morgan fingerprint density at radius 2 is 2.00 bits per heavy atom. The second-order valence-electron chi connectivity index (χ2n) is 3.56. The standard InChI is InChI=1S/C12H12N2O2.ClH/c1-9(10-5-3-2-4-6-10)14-8-13-7-11(14)12(15)16;/h2-9H,1H3,(H,15,16);1H/p-1.